The maximum Gasteiger partial charge on any atom is 0.328 e. The molecule has 2 N–H and O–H groups in total. The zero-order chi connectivity index (χ0) is 22.7. The molecule has 2 aromatic carbocycles. The highest BCUT2D eigenvalue weighted by molar-refractivity contribution is 7.10. The van der Waals surface area contributed by atoms with Crippen LogP contribution in [0.1, 0.15) is 40.6 Å². The van der Waals surface area contributed by atoms with Gasteiger partial charge in [0.25, 0.3) is 0 Å². The van der Waals surface area contributed by atoms with E-state index in [1.165, 1.54) is 11.3 Å². The highest BCUT2D eigenvalue weighted by Gasteiger charge is 2.21. The van der Waals surface area contributed by atoms with Crippen molar-refractivity contribution in [3.63, 3.8) is 0 Å². The Kier molecular flexibility index (Phi) is 6.27. The molecule has 0 atom stereocenters. The van der Waals surface area contributed by atoms with Crippen molar-refractivity contribution in [3.8, 4) is 6.07 Å². The van der Waals surface area contributed by atoms with Crippen molar-refractivity contribution in [2.45, 2.75) is 13.3 Å². The summed E-state index contributed by atoms with van der Waals surface area (Å²) in [7, 11) is 0. The van der Waals surface area contributed by atoms with Gasteiger partial charge >= 0.3 is 5.97 Å². The first kappa shape index (κ1) is 21.6. The fourth-order valence-electron chi connectivity index (χ4n) is 3.81. The van der Waals surface area contributed by atoms with E-state index in [1.807, 2.05) is 60.0 Å². The fourth-order valence-corrected chi connectivity index (χ4v) is 4.83. The summed E-state index contributed by atoms with van der Waals surface area (Å²) in [4.78, 5) is 15.0. The number of fused-ring (bicyclic) bond motifs is 1. The van der Waals surface area contributed by atoms with Gasteiger partial charge in [-0.2, -0.15) is 5.26 Å². The number of hydrogen-bond acceptors (Lipinski definition) is 3. The first-order valence-electron chi connectivity index (χ1n) is 10.0. The molecule has 0 amide bonds. The topological polar surface area (TPSA) is 76.9 Å². The molecule has 158 valence electrons. The third-order valence-corrected chi connectivity index (χ3v) is 6.47. The second-order valence-corrected chi connectivity index (χ2v) is 8.43. The number of rotatable bonds is 6. The number of aromatic amines is 1. The molecule has 4 nitrogen and oxygen atoms in total. The molecule has 0 aliphatic rings. The summed E-state index contributed by atoms with van der Waals surface area (Å²) in [5.41, 5.74) is 6.30. The number of halogens is 1. The van der Waals surface area contributed by atoms with Gasteiger partial charge in [-0.15, -0.1) is 11.3 Å². The zero-order valence-electron chi connectivity index (χ0n) is 17.2. The molecule has 0 saturated heterocycles. The molecular formula is C26H19ClN2O2S. The number of nitriles is 1. The number of aliphatic carboxylic acids is 1. The maximum atomic E-state index is 10.8. The summed E-state index contributed by atoms with van der Waals surface area (Å²) in [6.07, 6.45) is 3.37. The number of carboxylic acids is 1. The molecule has 4 rings (SSSR count). The molecule has 0 aliphatic heterocycles. The van der Waals surface area contributed by atoms with Crippen LogP contribution in [0.4, 0.5) is 0 Å². The Morgan fingerprint density at radius 2 is 1.94 bits per heavy atom. The van der Waals surface area contributed by atoms with Gasteiger partial charge in [0.05, 0.1) is 10.7 Å². The van der Waals surface area contributed by atoms with Crippen LogP contribution in [0.5, 0.6) is 0 Å². The van der Waals surface area contributed by atoms with Crippen LogP contribution < -0.4 is 0 Å². The first-order chi connectivity index (χ1) is 15.5. The molecule has 2 aromatic heterocycles. The number of hydrogen-bond donors (Lipinski definition) is 2. The monoisotopic (exact) mass is 458 g/mol. The van der Waals surface area contributed by atoms with Gasteiger partial charge < -0.3 is 10.1 Å². The van der Waals surface area contributed by atoms with Gasteiger partial charge in [-0.1, -0.05) is 61.0 Å². The summed E-state index contributed by atoms with van der Waals surface area (Å²) < 4.78 is 0. The van der Waals surface area contributed by atoms with E-state index in [0.29, 0.717) is 16.3 Å². The summed E-state index contributed by atoms with van der Waals surface area (Å²) in [6.45, 7) is 2.06. The number of aromatic nitrogens is 1. The van der Waals surface area contributed by atoms with Gasteiger partial charge in [-0.25, -0.2) is 4.79 Å². The van der Waals surface area contributed by atoms with Crippen molar-refractivity contribution in [1.29, 1.82) is 5.26 Å². The van der Waals surface area contributed by atoms with Gasteiger partial charge in [-0.3, -0.25) is 0 Å². The van der Waals surface area contributed by atoms with Crippen molar-refractivity contribution < 1.29 is 9.90 Å². The van der Waals surface area contributed by atoms with Crippen LogP contribution in [-0.2, 0) is 4.79 Å². The average Bonchev–Trinajstić information content (AvgIpc) is 3.41. The van der Waals surface area contributed by atoms with E-state index < -0.39 is 5.97 Å². The molecule has 2 heterocycles. The van der Waals surface area contributed by atoms with Crippen LogP contribution in [0.15, 0.2) is 66.1 Å². The quantitative estimate of drug-likeness (QED) is 0.299. The molecule has 0 bridgehead atoms. The Hall–Kier alpha value is -3.59. The molecule has 0 radical (unpaired) electrons. The van der Waals surface area contributed by atoms with E-state index in [-0.39, 0.29) is 0 Å². The largest absolute Gasteiger partial charge is 0.478 e. The van der Waals surface area contributed by atoms with Crippen molar-refractivity contribution in [1.82, 2.24) is 4.98 Å². The maximum absolute atomic E-state index is 10.8. The number of carboxylic acid groups (broad SMARTS) is 1. The number of benzene rings is 2. The van der Waals surface area contributed by atoms with Crippen molar-refractivity contribution in [3.05, 3.63) is 98.3 Å². The molecule has 0 aliphatic carbocycles. The van der Waals surface area contributed by atoms with Gasteiger partial charge in [0.15, 0.2) is 0 Å². The van der Waals surface area contributed by atoms with E-state index in [4.69, 9.17) is 16.7 Å². The Morgan fingerprint density at radius 1 is 1.19 bits per heavy atom. The Labute approximate surface area is 194 Å². The van der Waals surface area contributed by atoms with E-state index in [9.17, 15) is 10.1 Å². The van der Waals surface area contributed by atoms with E-state index in [2.05, 4.69) is 18.0 Å². The van der Waals surface area contributed by atoms with Crippen LogP contribution in [0.25, 0.3) is 28.1 Å². The fraction of sp³-hybridized carbons (Fsp3) is 0.0769. The minimum Gasteiger partial charge on any atom is -0.478 e. The Bertz CT molecular complexity index is 1400. The third-order valence-electron chi connectivity index (χ3n) is 5.26. The van der Waals surface area contributed by atoms with Crippen molar-refractivity contribution in [2.75, 3.05) is 0 Å². The van der Waals surface area contributed by atoms with E-state index >= 15 is 0 Å². The van der Waals surface area contributed by atoms with Crippen molar-refractivity contribution >= 4 is 57.0 Å². The molecule has 0 spiro atoms. The summed E-state index contributed by atoms with van der Waals surface area (Å²) in [5, 5.41) is 22.0. The van der Waals surface area contributed by atoms with E-state index in [0.717, 1.165) is 50.5 Å². The Balaban J connectivity index is 1.98. The van der Waals surface area contributed by atoms with Gasteiger partial charge in [0.2, 0.25) is 0 Å². The number of thiophene rings is 1. The number of allylic oxidation sites excluding steroid dienone is 1. The average molecular weight is 459 g/mol. The summed E-state index contributed by atoms with van der Waals surface area (Å²) in [5.74, 6) is -0.991. The van der Waals surface area contributed by atoms with Crippen LogP contribution >= 0.6 is 22.9 Å². The van der Waals surface area contributed by atoms with Crippen LogP contribution in [0.2, 0.25) is 5.02 Å². The number of nitrogens with zero attached hydrogens (tertiary/aromatic N) is 1. The summed E-state index contributed by atoms with van der Waals surface area (Å²) in [6, 6.07) is 19.8. The van der Waals surface area contributed by atoms with Crippen LogP contribution in [0.3, 0.4) is 0 Å². The lowest BCUT2D eigenvalue weighted by molar-refractivity contribution is -0.131. The number of carbonyl (C=O) groups is 1. The highest BCUT2D eigenvalue weighted by atomic mass is 35.5. The smallest absolute Gasteiger partial charge is 0.328 e. The molecule has 0 unspecified atom stereocenters. The number of para-hydroxylation sites is 1. The summed E-state index contributed by atoms with van der Waals surface area (Å²) >= 11 is 8.27. The second-order valence-electron chi connectivity index (χ2n) is 7.14. The highest BCUT2D eigenvalue weighted by Crippen LogP contribution is 2.41. The third kappa shape index (κ3) is 4.11. The van der Waals surface area contributed by atoms with Crippen LogP contribution in [-0.4, -0.2) is 16.1 Å². The molecule has 4 aromatic rings. The minimum atomic E-state index is -0.991. The van der Waals surface area contributed by atoms with Gasteiger partial charge in [0, 0.05) is 28.1 Å². The lowest BCUT2D eigenvalue weighted by Crippen LogP contribution is -1.96. The molecule has 6 heteroatoms. The van der Waals surface area contributed by atoms with E-state index in [1.54, 1.807) is 6.08 Å². The molecular weight excluding hydrogens is 440 g/mol. The zero-order valence-corrected chi connectivity index (χ0v) is 18.8. The first-order valence-corrected chi connectivity index (χ1v) is 11.3. The normalized spacial score (nSPS) is 12.2. The predicted molar refractivity (Wildman–Crippen MR) is 132 cm³/mol. The Morgan fingerprint density at radius 3 is 2.59 bits per heavy atom. The number of nitrogens with one attached hydrogen (secondary N) is 1. The lowest BCUT2D eigenvalue weighted by atomic mass is 9.90. The standard InChI is InChI=1S/C26H19ClN2O2S/c1-2-18(19-13-14-32-22(19)15-28)24(17-10-7-16(8-11-17)9-12-23(30)31)26-25(27)20-5-3-4-6-21(20)29-26/h3-14,29H,2H2,1H3,(H,30,31)/b12-9+,24-18+. The molecule has 0 saturated carbocycles. The minimum absolute atomic E-state index is 0.630. The second kappa shape index (κ2) is 9.27. The SMILES string of the molecule is CC/C(=C(/c1ccc(/C=C/C(=O)O)cc1)c1[nH]c2ccccc2c1Cl)c1ccsc1C#N. The van der Waals surface area contributed by atoms with Gasteiger partial charge in [-0.05, 0) is 46.7 Å². The number of H-pyrrole nitrogens is 1. The molecule has 32 heavy (non-hydrogen) atoms. The van der Waals surface area contributed by atoms with Gasteiger partial charge in [0.1, 0.15) is 10.9 Å². The van der Waals surface area contributed by atoms with Crippen molar-refractivity contribution in [2.24, 2.45) is 0 Å². The lowest BCUT2D eigenvalue weighted by Gasteiger charge is -2.15. The molecule has 0 fully saturated rings. The van der Waals surface area contributed by atoms with Crippen LogP contribution in [0, 0.1) is 11.3 Å². The predicted octanol–water partition coefficient (Wildman–Crippen LogP) is 7.22.